The minimum atomic E-state index is 0.565. The summed E-state index contributed by atoms with van der Waals surface area (Å²) in [5, 5.41) is 4.24. The minimum absolute atomic E-state index is 0.565. The van der Waals surface area contributed by atoms with Gasteiger partial charge in [-0.25, -0.2) is 4.98 Å². The number of nitrogens with one attached hydrogen (secondary N) is 2. The first-order valence-corrected chi connectivity index (χ1v) is 6.73. The lowest BCUT2D eigenvalue weighted by molar-refractivity contribution is 0.589. The number of H-pyrrole nitrogens is 1. The molecular formula is C14H16ClN3. The second-order valence-electron chi connectivity index (χ2n) is 4.72. The Kier molecular flexibility index (Phi) is 3.35. The first kappa shape index (κ1) is 11.8. The van der Waals surface area contributed by atoms with Gasteiger partial charge in [-0.15, -0.1) is 0 Å². The van der Waals surface area contributed by atoms with E-state index in [1.807, 2.05) is 30.5 Å². The monoisotopic (exact) mass is 261 g/mol. The second kappa shape index (κ2) is 5.12. The maximum atomic E-state index is 6.18. The molecule has 4 heteroatoms. The van der Waals surface area contributed by atoms with Gasteiger partial charge in [0.05, 0.1) is 11.9 Å². The number of hydrogen-bond acceptors (Lipinski definition) is 2. The average Bonchev–Trinajstić information content (AvgIpc) is 3.02. The number of nitrogens with zero attached hydrogens (tertiary/aromatic N) is 1. The summed E-state index contributed by atoms with van der Waals surface area (Å²) in [6, 6.07) is 8.39. The van der Waals surface area contributed by atoms with Gasteiger partial charge in [-0.2, -0.15) is 0 Å². The molecule has 0 aliphatic carbocycles. The molecule has 1 fully saturated rings. The van der Waals surface area contributed by atoms with E-state index in [2.05, 4.69) is 15.3 Å². The van der Waals surface area contributed by atoms with Gasteiger partial charge in [-0.3, -0.25) is 0 Å². The van der Waals surface area contributed by atoms with Gasteiger partial charge in [0.25, 0.3) is 0 Å². The Balaban J connectivity index is 1.79. The van der Waals surface area contributed by atoms with E-state index in [0.717, 1.165) is 35.1 Å². The highest BCUT2D eigenvalue weighted by molar-refractivity contribution is 6.33. The number of aromatic nitrogens is 2. The summed E-state index contributed by atoms with van der Waals surface area (Å²) in [4.78, 5) is 7.80. The predicted molar refractivity (Wildman–Crippen MR) is 73.8 cm³/mol. The maximum Gasteiger partial charge on any atom is 0.108 e. The van der Waals surface area contributed by atoms with Crippen LogP contribution in [0, 0.1) is 0 Å². The first-order valence-electron chi connectivity index (χ1n) is 6.35. The Morgan fingerprint density at radius 2 is 2.22 bits per heavy atom. The molecule has 2 aromatic rings. The number of halogens is 1. The van der Waals surface area contributed by atoms with Gasteiger partial charge in [0.15, 0.2) is 0 Å². The quantitative estimate of drug-likeness (QED) is 0.892. The van der Waals surface area contributed by atoms with Crippen LogP contribution in [-0.4, -0.2) is 22.6 Å². The number of imidazole rings is 1. The van der Waals surface area contributed by atoms with Crippen LogP contribution < -0.4 is 5.32 Å². The van der Waals surface area contributed by atoms with Crippen molar-refractivity contribution >= 4 is 11.6 Å². The highest BCUT2D eigenvalue weighted by atomic mass is 35.5. The number of aromatic amines is 1. The summed E-state index contributed by atoms with van der Waals surface area (Å²) in [5.74, 6) is 1.03. The third-order valence-corrected chi connectivity index (χ3v) is 3.72. The summed E-state index contributed by atoms with van der Waals surface area (Å²) in [5.41, 5.74) is 2.01. The second-order valence-corrected chi connectivity index (χ2v) is 5.13. The summed E-state index contributed by atoms with van der Waals surface area (Å²) >= 11 is 6.18. The predicted octanol–water partition coefficient (Wildman–Crippen LogP) is 3.02. The van der Waals surface area contributed by atoms with E-state index in [-0.39, 0.29) is 0 Å². The molecule has 1 aliphatic rings. The highest BCUT2D eigenvalue weighted by Crippen LogP contribution is 2.26. The van der Waals surface area contributed by atoms with E-state index < -0.39 is 0 Å². The largest absolute Gasteiger partial charge is 0.342 e. The van der Waals surface area contributed by atoms with Gasteiger partial charge in [-0.1, -0.05) is 29.8 Å². The Morgan fingerprint density at radius 1 is 1.33 bits per heavy atom. The van der Waals surface area contributed by atoms with E-state index in [0.29, 0.717) is 6.04 Å². The van der Waals surface area contributed by atoms with E-state index in [9.17, 15) is 0 Å². The van der Waals surface area contributed by atoms with Gasteiger partial charge in [0.1, 0.15) is 5.82 Å². The van der Waals surface area contributed by atoms with Gasteiger partial charge in [0, 0.05) is 23.0 Å². The molecular weight excluding hydrogens is 246 g/mol. The van der Waals surface area contributed by atoms with Crippen LogP contribution in [0.3, 0.4) is 0 Å². The van der Waals surface area contributed by atoms with Gasteiger partial charge >= 0.3 is 0 Å². The molecule has 1 aromatic heterocycles. The summed E-state index contributed by atoms with van der Waals surface area (Å²) in [6.07, 6.45) is 5.33. The maximum absolute atomic E-state index is 6.18. The van der Waals surface area contributed by atoms with Crippen molar-refractivity contribution < 1.29 is 0 Å². The zero-order valence-electron chi connectivity index (χ0n) is 10.1. The Labute approximate surface area is 112 Å². The van der Waals surface area contributed by atoms with Crippen molar-refractivity contribution in [3.8, 4) is 11.3 Å². The number of benzene rings is 1. The third kappa shape index (κ3) is 2.42. The van der Waals surface area contributed by atoms with E-state index >= 15 is 0 Å². The van der Waals surface area contributed by atoms with Crippen molar-refractivity contribution in [2.24, 2.45) is 0 Å². The van der Waals surface area contributed by atoms with Crippen LogP contribution >= 0.6 is 11.6 Å². The van der Waals surface area contributed by atoms with Crippen molar-refractivity contribution in [3.05, 3.63) is 41.3 Å². The molecule has 3 nitrogen and oxygen atoms in total. The van der Waals surface area contributed by atoms with Gasteiger partial charge < -0.3 is 10.3 Å². The molecule has 3 rings (SSSR count). The van der Waals surface area contributed by atoms with Crippen LogP contribution in [0.2, 0.25) is 5.02 Å². The topological polar surface area (TPSA) is 40.7 Å². The lowest BCUT2D eigenvalue weighted by Crippen LogP contribution is -2.24. The molecule has 18 heavy (non-hydrogen) atoms. The van der Waals surface area contributed by atoms with Crippen LogP contribution in [0.1, 0.15) is 18.7 Å². The number of rotatable bonds is 3. The Hall–Kier alpha value is -1.32. The van der Waals surface area contributed by atoms with Crippen LogP contribution in [0.15, 0.2) is 30.5 Å². The van der Waals surface area contributed by atoms with Crippen LogP contribution in [-0.2, 0) is 6.42 Å². The molecule has 2 N–H and O–H groups in total. The zero-order chi connectivity index (χ0) is 12.4. The minimum Gasteiger partial charge on any atom is -0.342 e. The molecule has 1 unspecified atom stereocenters. The molecule has 0 bridgehead atoms. The highest BCUT2D eigenvalue weighted by Gasteiger charge is 2.16. The Morgan fingerprint density at radius 3 is 3.00 bits per heavy atom. The molecule has 1 saturated heterocycles. The van der Waals surface area contributed by atoms with Crippen molar-refractivity contribution in [1.82, 2.24) is 15.3 Å². The normalized spacial score (nSPS) is 19.3. The van der Waals surface area contributed by atoms with Crippen molar-refractivity contribution in [1.29, 1.82) is 0 Å². The summed E-state index contributed by atoms with van der Waals surface area (Å²) in [7, 11) is 0. The molecule has 94 valence electrons. The van der Waals surface area contributed by atoms with Gasteiger partial charge in [0.2, 0.25) is 0 Å². The molecule has 2 heterocycles. The van der Waals surface area contributed by atoms with Crippen molar-refractivity contribution in [2.45, 2.75) is 25.3 Å². The lowest BCUT2D eigenvalue weighted by Gasteiger charge is -2.06. The van der Waals surface area contributed by atoms with Crippen LogP contribution in [0.5, 0.6) is 0 Å². The SMILES string of the molecule is Clc1ccccc1-c1cnc(CC2CCCN2)[nH]1. The standard InChI is InChI=1S/C14H16ClN3/c15-12-6-2-1-5-11(12)13-9-17-14(18-13)8-10-4-3-7-16-10/h1-2,5-6,9-10,16H,3-4,7-8H2,(H,17,18). The lowest BCUT2D eigenvalue weighted by atomic mass is 10.1. The van der Waals surface area contributed by atoms with Gasteiger partial charge in [-0.05, 0) is 25.5 Å². The fraction of sp³-hybridized carbons (Fsp3) is 0.357. The fourth-order valence-electron chi connectivity index (χ4n) is 2.45. The van der Waals surface area contributed by atoms with Crippen LogP contribution in [0.4, 0.5) is 0 Å². The summed E-state index contributed by atoms with van der Waals surface area (Å²) in [6.45, 7) is 1.13. The molecule has 1 atom stereocenters. The van der Waals surface area contributed by atoms with E-state index in [1.165, 1.54) is 12.8 Å². The average molecular weight is 262 g/mol. The molecule has 1 aromatic carbocycles. The van der Waals surface area contributed by atoms with Crippen molar-refractivity contribution in [2.75, 3.05) is 6.54 Å². The van der Waals surface area contributed by atoms with Crippen LogP contribution in [0.25, 0.3) is 11.3 Å². The molecule has 0 radical (unpaired) electrons. The van der Waals surface area contributed by atoms with E-state index in [1.54, 1.807) is 0 Å². The molecule has 0 amide bonds. The molecule has 0 spiro atoms. The zero-order valence-corrected chi connectivity index (χ0v) is 10.9. The molecule has 0 saturated carbocycles. The third-order valence-electron chi connectivity index (χ3n) is 3.39. The first-order chi connectivity index (χ1) is 8.83. The van der Waals surface area contributed by atoms with E-state index in [4.69, 9.17) is 11.6 Å². The molecule has 1 aliphatic heterocycles. The smallest absolute Gasteiger partial charge is 0.108 e. The Bertz CT molecular complexity index is 529. The van der Waals surface area contributed by atoms with Crippen molar-refractivity contribution in [3.63, 3.8) is 0 Å². The fourth-order valence-corrected chi connectivity index (χ4v) is 2.68. The number of hydrogen-bond donors (Lipinski definition) is 2. The summed E-state index contributed by atoms with van der Waals surface area (Å²) < 4.78 is 0.